The van der Waals surface area contributed by atoms with Crippen LogP contribution in [0.2, 0.25) is 0 Å². The van der Waals surface area contributed by atoms with Crippen LogP contribution in [0.3, 0.4) is 0 Å². The third-order valence-electron chi connectivity index (χ3n) is 1.37. The molecule has 0 aliphatic carbocycles. The highest BCUT2D eigenvalue weighted by Crippen LogP contribution is 2.22. The van der Waals surface area contributed by atoms with E-state index in [2.05, 4.69) is 4.74 Å². The number of hydrogen-bond donors (Lipinski definition) is 1. The molecule has 1 rings (SSSR count). The predicted molar refractivity (Wildman–Crippen MR) is 55.1 cm³/mol. The van der Waals surface area contributed by atoms with Crippen LogP contribution >= 0.6 is 0 Å². The smallest absolute Gasteiger partial charge is 0.406 e. The number of halogens is 3. The second-order valence-corrected chi connectivity index (χ2v) is 2.44. The molecule has 0 heterocycles. The molecule has 3 nitrogen and oxygen atoms in total. The lowest BCUT2D eigenvalue weighted by Crippen LogP contribution is -2.17. The maximum atomic E-state index is 11.7. The summed E-state index contributed by atoms with van der Waals surface area (Å²) in [5.41, 5.74) is 5.01. The Morgan fingerprint density at radius 2 is 1.69 bits per heavy atom. The normalized spacial score (nSPS) is 10.1. The summed E-state index contributed by atoms with van der Waals surface area (Å²) < 4.78 is 38.6. The highest BCUT2D eigenvalue weighted by Gasteiger charge is 2.30. The van der Waals surface area contributed by atoms with Crippen LogP contribution in [0, 0.1) is 0 Å². The maximum absolute atomic E-state index is 11.7. The van der Waals surface area contributed by atoms with Gasteiger partial charge in [-0.1, -0.05) is 13.8 Å². The molecule has 0 aliphatic rings. The van der Waals surface area contributed by atoms with Crippen molar-refractivity contribution in [3.05, 3.63) is 29.8 Å². The molecule has 0 saturated heterocycles. The van der Waals surface area contributed by atoms with Gasteiger partial charge in [0.05, 0.1) is 0 Å². The molecule has 1 aromatic rings. The number of ether oxygens (including phenoxy) is 1. The Hall–Kier alpha value is -1.72. The molecule has 2 N–H and O–H groups in total. The Morgan fingerprint density at radius 3 is 2.00 bits per heavy atom. The third-order valence-corrected chi connectivity index (χ3v) is 1.37. The summed E-state index contributed by atoms with van der Waals surface area (Å²) >= 11 is 0. The number of benzene rings is 1. The second kappa shape index (κ2) is 5.99. The van der Waals surface area contributed by atoms with Crippen LogP contribution in [0.4, 0.5) is 13.2 Å². The fourth-order valence-corrected chi connectivity index (χ4v) is 0.821. The van der Waals surface area contributed by atoms with Gasteiger partial charge < -0.3 is 10.5 Å². The number of nitrogens with two attached hydrogens (primary N) is 1. The lowest BCUT2D eigenvalue weighted by atomic mass is 10.2. The fourth-order valence-electron chi connectivity index (χ4n) is 0.821. The Bertz CT molecular complexity index is 338. The van der Waals surface area contributed by atoms with E-state index in [0.29, 0.717) is 0 Å². The number of rotatable bonds is 2. The van der Waals surface area contributed by atoms with Gasteiger partial charge in [-0.15, -0.1) is 13.2 Å². The molecule has 1 amide bonds. The number of primary amides is 1. The van der Waals surface area contributed by atoms with Crippen molar-refractivity contribution < 1.29 is 24.1 Å². The average Bonchev–Trinajstić information content (AvgIpc) is 2.19. The topological polar surface area (TPSA) is 52.3 Å². The van der Waals surface area contributed by atoms with Crippen LogP contribution in [-0.4, -0.2) is 12.3 Å². The molecule has 0 fully saturated rings. The van der Waals surface area contributed by atoms with E-state index >= 15 is 0 Å². The minimum absolute atomic E-state index is 0. The summed E-state index contributed by atoms with van der Waals surface area (Å²) in [6.45, 7) is 4.00. The van der Waals surface area contributed by atoms with Gasteiger partial charge in [0, 0.05) is 6.99 Å². The van der Waals surface area contributed by atoms with E-state index in [1.165, 1.54) is 0 Å². The summed E-state index contributed by atoms with van der Waals surface area (Å²) in [5.74, 6) is -1.09. The van der Waals surface area contributed by atoms with E-state index in [1.54, 1.807) is 0 Å². The van der Waals surface area contributed by atoms with Gasteiger partial charge in [0.25, 0.3) is 0 Å². The van der Waals surface area contributed by atoms with Crippen molar-refractivity contribution >= 4 is 5.91 Å². The van der Waals surface area contributed by atoms with Crippen LogP contribution in [0.1, 0.15) is 25.6 Å². The van der Waals surface area contributed by atoms with E-state index in [0.717, 1.165) is 24.3 Å². The zero-order chi connectivity index (χ0) is 12.8. The van der Waals surface area contributed by atoms with Crippen molar-refractivity contribution in [2.24, 2.45) is 5.73 Å². The molecule has 0 aromatic heterocycles. The summed E-state index contributed by atoms with van der Waals surface area (Å²) in [5, 5.41) is 0. The largest absolute Gasteiger partial charge is 0.573 e. The molecule has 0 saturated carbocycles. The lowest BCUT2D eigenvalue weighted by Gasteiger charge is -2.08. The predicted octanol–water partition coefficient (Wildman–Crippen LogP) is 2.96. The molecular weight excluding hydrogens is 223 g/mol. The van der Waals surface area contributed by atoms with E-state index in [-0.39, 0.29) is 12.7 Å². The second-order valence-electron chi connectivity index (χ2n) is 2.44. The standard InChI is InChI=1S/C8H6F3NO2.C2H6.H2/c9-8(10,11)14-6-3-1-5(2-4-6)7(12)13;1-2;/h1-4H,(H2,12,13);1-2H3;1H. The molecule has 16 heavy (non-hydrogen) atoms. The highest BCUT2D eigenvalue weighted by molar-refractivity contribution is 5.92. The minimum Gasteiger partial charge on any atom is -0.406 e. The van der Waals surface area contributed by atoms with Crippen LogP contribution in [-0.2, 0) is 0 Å². The van der Waals surface area contributed by atoms with Crippen LogP contribution in [0.5, 0.6) is 5.75 Å². The third kappa shape index (κ3) is 5.23. The number of alkyl halides is 3. The molecule has 0 aliphatic heterocycles. The molecule has 0 radical (unpaired) electrons. The van der Waals surface area contributed by atoms with Crippen molar-refractivity contribution in [3.8, 4) is 5.75 Å². The Morgan fingerprint density at radius 1 is 1.25 bits per heavy atom. The Labute approximate surface area is 92.5 Å². The zero-order valence-corrected chi connectivity index (χ0v) is 8.84. The summed E-state index contributed by atoms with van der Waals surface area (Å²) in [6.07, 6.45) is -4.73. The number of carbonyl (C=O) groups excluding carboxylic acids is 1. The van der Waals surface area contributed by atoms with Crippen LogP contribution < -0.4 is 10.5 Å². The van der Waals surface area contributed by atoms with Gasteiger partial charge >= 0.3 is 6.36 Å². The molecule has 6 heteroatoms. The van der Waals surface area contributed by atoms with Gasteiger partial charge in [0.1, 0.15) is 5.75 Å². The first kappa shape index (κ1) is 14.3. The van der Waals surface area contributed by atoms with Gasteiger partial charge in [-0.25, -0.2) is 0 Å². The quantitative estimate of drug-likeness (QED) is 0.859. The molecule has 92 valence electrons. The summed E-state index contributed by atoms with van der Waals surface area (Å²) in [4.78, 5) is 10.6. The fraction of sp³-hybridized carbons (Fsp3) is 0.300. The average molecular weight is 237 g/mol. The van der Waals surface area contributed by atoms with Gasteiger partial charge in [0.2, 0.25) is 5.91 Å². The van der Waals surface area contributed by atoms with Crippen molar-refractivity contribution in [3.63, 3.8) is 0 Å². The van der Waals surface area contributed by atoms with E-state index in [4.69, 9.17) is 5.73 Å². The van der Waals surface area contributed by atoms with Crippen LogP contribution in [0.25, 0.3) is 0 Å². The Kier molecular flexibility index (Phi) is 5.35. The van der Waals surface area contributed by atoms with Crippen molar-refractivity contribution in [2.45, 2.75) is 20.2 Å². The van der Waals surface area contributed by atoms with Crippen LogP contribution in [0.15, 0.2) is 24.3 Å². The molecule has 0 atom stereocenters. The van der Waals surface area contributed by atoms with Crippen molar-refractivity contribution in [1.29, 1.82) is 0 Å². The molecular formula is C10H14F3NO2. The number of amides is 1. The number of hydrogen-bond acceptors (Lipinski definition) is 2. The maximum Gasteiger partial charge on any atom is 0.573 e. The van der Waals surface area contributed by atoms with E-state index < -0.39 is 12.3 Å². The van der Waals surface area contributed by atoms with Gasteiger partial charge in [-0.05, 0) is 24.3 Å². The SMILES string of the molecule is CC.NC(=O)c1ccc(OC(F)(F)F)cc1.[HH]. The first-order valence-corrected chi connectivity index (χ1v) is 4.54. The first-order chi connectivity index (χ1) is 7.38. The Balaban J connectivity index is 0. The number of carbonyl (C=O) groups is 1. The highest BCUT2D eigenvalue weighted by atomic mass is 19.4. The first-order valence-electron chi connectivity index (χ1n) is 4.54. The summed E-state index contributed by atoms with van der Waals surface area (Å²) in [7, 11) is 0. The lowest BCUT2D eigenvalue weighted by molar-refractivity contribution is -0.274. The molecule has 0 bridgehead atoms. The summed E-state index contributed by atoms with van der Waals surface area (Å²) in [6, 6.07) is 4.36. The van der Waals surface area contributed by atoms with Crippen molar-refractivity contribution in [1.82, 2.24) is 0 Å². The monoisotopic (exact) mass is 237 g/mol. The van der Waals surface area contributed by atoms with E-state index in [9.17, 15) is 18.0 Å². The van der Waals surface area contributed by atoms with Gasteiger partial charge in [0.15, 0.2) is 0 Å². The minimum atomic E-state index is -4.73. The molecule has 0 spiro atoms. The molecule has 0 unspecified atom stereocenters. The van der Waals surface area contributed by atoms with Crippen molar-refractivity contribution in [2.75, 3.05) is 0 Å². The molecule has 1 aromatic carbocycles. The van der Waals surface area contributed by atoms with Gasteiger partial charge in [-0.2, -0.15) is 0 Å². The zero-order valence-electron chi connectivity index (χ0n) is 8.84. The van der Waals surface area contributed by atoms with E-state index in [1.807, 2.05) is 13.8 Å². The van der Waals surface area contributed by atoms with Gasteiger partial charge in [-0.3, -0.25) is 4.79 Å².